The van der Waals surface area contributed by atoms with Gasteiger partial charge in [0.2, 0.25) is 0 Å². The average Bonchev–Trinajstić information content (AvgIpc) is 2.69. The van der Waals surface area contributed by atoms with Crippen LogP contribution < -0.4 is 0 Å². The molecule has 2 rings (SSSR count). The van der Waals surface area contributed by atoms with E-state index < -0.39 is 0 Å². The molecule has 1 nitrogen and oxygen atoms in total. The molecule has 2 unspecified atom stereocenters. The molecule has 1 aromatic heterocycles. The Kier molecular flexibility index (Phi) is 3.02. The minimum absolute atomic E-state index is 0.299. The fourth-order valence-electron chi connectivity index (χ4n) is 2.31. The third-order valence-corrected chi connectivity index (χ3v) is 3.80. The third kappa shape index (κ3) is 2.06. The number of Topliss-reactive ketones (excluding diaryl/α,β-unsaturated/α-hetero) is 1. The highest BCUT2D eigenvalue weighted by atomic mass is 32.1. The highest BCUT2D eigenvalue weighted by Gasteiger charge is 2.25. The Balaban J connectivity index is 2.04. The Morgan fingerprint density at radius 1 is 1.50 bits per heavy atom. The van der Waals surface area contributed by atoms with Crippen molar-refractivity contribution in [2.45, 2.75) is 32.6 Å². The maximum atomic E-state index is 12.0. The van der Waals surface area contributed by atoms with Gasteiger partial charge in [-0.3, -0.25) is 4.79 Å². The van der Waals surface area contributed by atoms with Gasteiger partial charge < -0.3 is 0 Å². The van der Waals surface area contributed by atoms with Crippen LogP contribution in [-0.2, 0) is 0 Å². The van der Waals surface area contributed by atoms with Crippen molar-refractivity contribution in [1.29, 1.82) is 0 Å². The Morgan fingerprint density at radius 2 is 2.36 bits per heavy atom. The second kappa shape index (κ2) is 4.26. The lowest BCUT2D eigenvalue weighted by Crippen LogP contribution is -2.21. The van der Waals surface area contributed by atoms with Crippen molar-refractivity contribution in [3.05, 3.63) is 22.4 Å². The van der Waals surface area contributed by atoms with E-state index in [0.29, 0.717) is 11.7 Å². The fraction of sp³-hybridized carbons (Fsp3) is 0.583. The van der Waals surface area contributed by atoms with Gasteiger partial charge in [-0.25, -0.2) is 0 Å². The van der Waals surface area contributed by atoms with Gasteiger partial charge in [-0.15, -0.1) is 0 Å². The van der Waals surface area contributed by atoms with Gasteiger partial charge in [0.25, 0.3) is 0 Å². The monoisotopic (exact) mass is 208 g/mol. The van der Waals surface area contributed by atoms with Gasteiger partial charge in [0.1, 0.15) is 0 Å². The van der Waals surface area contributed by atoms with Gasteiger partial charge in [0.05, 0.1) is 0 Å². The van der Waals surface area contributed by atoms with Gasteiger partial charge in [0, 0.05) is 16.9 Å². The molecule has 0 N–H and O–H groups in total. The molecular weight excluding hydrogens is 192 g/mol. The maximum absolute atomic E-state index is 12.0. The summed E-state index contributed by atoms with van der Waals surface area (Å²) in [6, 6.07) is 1.95. The first kappa shape index (κ1) is 9.91. The van der Waals surface area contributed by atoms with Crippen molar-refractivity contribution in [3.8, 4) is 0 Å². The smallest absolute Gasteiger partial charge is 0.166 e. The minimum Gasteiger partial charge on any atom is -0.294 e. The van der Waals surface area contributed by atoms with Gasteiger partial charge in [-0.05, 0) is 30.2 Å². The molecule has 2 heteroatoms. The summed E-state index contributed by atoms with van der Waals surface area (Å²) in [5.74, 6) is 1.41. The molecule has 1 heterocycles. The number of ketones is 1. The summed E-state index contributed by atoms with van der Waals surface area (Å²) < 4.78 is 0. The van der Waals surface area contributed by atoms with Gasteiger partial charge in [-0.1, -0.05) is 19.8 Å². The normalized spacial score (nSPS) is 27.5. The van der Waals surface area contributed by atoms with Crippen LogP contribution in [-0.4, -0.2) is 5.78 Å². The summed E-state index contributed by atoms with van der Waals surface area (Å²) in [5.41, 5.74) is 0.925. The van der Waals surface area contributed by atoms with Crippen LogP contribution in [0.1, 0.15) is 43.0 Å². The van der Waals surface area contributed by atoms with E-state index in [0.717, 1.165) is 24.3 Å². The van der Waals surface area contributed by atoms with E-state index in [1.165, 1.54) is 12.8 Å². The van der Waals surface area contributed by atoms with Crippen molar-refractivity contribution >= 4 is 17.1 Å². The molecular formula is C12H16OS. The summed E-state index contributed by atoms with van der Waals surface area (Å²) >= 11 is 1.61. The van der Waals surface area contributed by atoms with Gasteiger partial charge in [-0.2, -0.15) is 11.3 Å². The van der Waals surface area contributed by atoms with Crippen LogP contribution in [0, 0.1) is 11.8 Å². The standard InChI is InChI=1S/C12H16OS/c1-9-3-2-4-10(7-9)12(13)11-5-6-14-8-11/h5-6,8-10H,2-4,7H2,1H3. The maximum Gasteiger partial charge on any atom is 0.166 e. The molecule has 0 aromatic carbocycles. The molecule has 0 bridgehead atoms. The Bertz CT molecular complexity index is 302. The van der Waals surface area contributed by atoms with Crippen LogP contribution in [0.15, 0.2) is 16.8 Å². The minimum atomic E-state index is 0.299. The van der Waals surface area contributed by atoms with Crippen LogP contribution in [0.25, 0.3) is 0 Å². The molecule has 1 aromatic rings. The molecule has 1 aliphatic carbocycles. The van der Waals surface area contributed by atoms with E-state index in [1.807, 2.05) is 16.8 Å². The topological polar surface area (TPSA) is 17.1 Å². The number of carbonyl (C=O) groups is 1. The van der Waals surface area contributed by atoms with Crippen molar-refractivity contribution in [2.75, 3.05) is 0 Å². The Labute approximate surface area is 89.1 Å². The largest absolute Gasteiger partial charge is 0.294 e. The van der Waals surface area contributed by atoms with Crippen LogP contribution in [0.4, 0.5) is 0 Å². The fourth-order valence-corrected chi connectivity index (χ4v) is 2.96. The molecule has 0 spiro atoms. The number of carbonyl (C=O) groups excluding carboxylic acids is 1. The number of rotatable bonds is 2. The number of hydrogen-bond donors (Lipinski definition) is 0. The van der Waals surface area contributed by atoms with Crippen LogP contribution in [0.3, 0.4) is 0 Å². The molecule has 0 radical (unpaired) electrons. The molecule has 1 fully saturated rings. The highest BCUT2D eigenvalue weighted by Crippen LogP contribution is 2.31. The van der Waals surface area contributed by atoms with E-state index in [9.17, 15) is 4.79 Å². The molecule has 2 atom stereocenters. The molecule has 0 aliphatic heterocycles. The van der Waals surface area contributed by atoms with Crippen molar-refractivity contribution in [1.82, 2.24) is 0 Å². The average molecular weight is 208 g/mol. The summed E-state index contributed by atoms with van der Waals surface area (Å²) in [4.78, 5) is 12.0. The van der Waals surface area contributed by atoms with E-state index >= 15 is 0 Å². The van der Waals surface area contributed by atoms with Gasteiger partial charge in [0.15, 0.2) is 5.78 Å². The zero-order chi connectivity index (χ0) is 9.97. The van der Waals surface area contributed by atoms with Crippen LogP contribution >= 0.6 is 11.3 Å². The molecule has 1 aliphatic rings. The first-order chi connectivity index (χ1) is 6.77. The number of hydrogen-bond acceptors (Lipinski definition) is 2. The summed E-state index contributed by atoms with van der Waals surface area (Å²) in [5, 5.41) is 3.96. The Hall–Kier alpha value is -0.630. The van der Waals surface area contributed by atoms with Crippen LogP contribution in [0.2, 0.25) is 0 Å². The van der Waals surface area contributed by atoms with E-state index in [4.69, 9.17) is 0 Å². The summed E-state index contributed by atoms with van der Waals surface area (Å²) in [6.45, 7) is 2.26. The summed E-state index contributed by atoms with van der Waals surface area (Å²) in [7, 11) is 0. The molecule has 0 saturated heterocycles. The zero-order valence-electron chi connectivity index (χ0n) is 8.53. The number of thiophene rings is 1. The predicted molar refractivity (Wildman–Crippen MR) is 59.8 cm³/mol. The second-order valence-electron chi connectivity index (χ2n) is 4.34. The van der Waals surface area contributed by atoms with Crippen molar-refractivity contribution < 1.29 is 4.79 Å². The SMILES string of the molecule is CC1CCCC(C(=O)c2ccsc2)C1. The van der Waals surface area contributed by atoms with Crippen molar-refractivity contribution in [2.24, 2.45) is 11.8 Å². The molecule has 0 amide bonds. The van der Waals surface area contributed by atoms with Crippen LogP contribution in [0.5, 0.6) is 0 Å². The zero-order valence-corrected chi connectivity index (χ0v) is 9.35. The second-order valence-corrected chi connectivity index (χ2v) is 5.13. The first-order valence-electron chi connectivity index (χ1n) is 5.34. The van der Waals surface area contributed by atoms with E-state index in [1.54, 1.807) is 11.3 Å². The molecule has 76 valence electrons. The lowest BCUT2D eigenvalue weighted by molar-refractivity contribution is 0.0869. The molecule has 1 saturated carbocycles. The van der Waals surface area contributed by atoms with E-state index in [-0.39, 0.29) is 0 Å². The highest BCUT2D eigenvalue weighted by molar-refractivity contribution is 7.08. The lowest BCUT2D eigenvalue weighted by Gasteiger charge is -2.25. The molecule has 14 heavy (non-hydrogen) atoms. The first-order valence-corrected chi connectivity index (χ1v) is 6.28. The third-order valence-electron chi connectivity index (χ3n) is 3.11. The van der Waals surface area contributed by atoms with E-state index in [2.05, 4.69) is 6.92 Å². The quantitative estimate of drug-likeness (QED) is 0.676. The predicted octanol–water partition coefficient (Wildman–Crippen LogP) is 3.76. The van der Waals surface area contributed by atoms with Gasteiger partial charge >= 0.3 is 0 Å². The van der Waals surface area contributed by atoms with Crippen molar-refractivity contribution in [3.63, 3.8) is 0 Å². The summed E-state index contributed by atoms with van der Waals surface area (Å²) in [6.07, 6.45) is 4.71. The lowest BCUT2D eigenvalue weighted by atomic mass is 9.79. The Morgan fingerprint density at radius 3 is 3.00 bits per heavy atom.